The Labute approximate surface area is 101 Å². The van der Waals surface area contributed by atoms with Gasteiger partial charge in [0.15, 0.2) is 0 Å². The standard InChI is InChI=1S/C12H18N4O/c1-7-3-4-9(8(7)2)16-12(17)10-5-15-11(13)6-14-10/h5-9H,3-4H2,1-2H3,(H2,13,15)(H,16,17). The van der Waals surface area contributed by atoms with Gasteiger partial charge in [0, 0.05) is 6.04 Å². The van der Waals surface area contributed by atoms with Gasteiger partial charge in [0.1, 0.15) is 11.5 Å². The number of aromatic nitrogens is 2. The number of anilines is 1. The van der Waals surface area contributed by atoms with Crippen LogP contribution in [-0.2, 0) is 0 Å². The lowest BCUT2D eigenvalue weighted by Crippen LogP contribution is -2.37. The van der Waals surface area contributed by atoms with Crippen LogP contribution in [0.15, 0.2) is 12.4 Å². The van der Waals surface area contributed by atoms with Crippen LogP contribution in [0.2, 0.25) is 0 Å². The molecule has 92 valence electrons. The van der Waals surface area contributed by atoms with Crippen LogP contribution in [0, 0.1) is 11.8 Å². The van der Waals surface area contributed by atoms with Gasteiger partial charge in [-0.05, 0) is 24.7 Å². The zero-order valence-electron chi connectivity index (χ0n) is 10.2. The number of nitrogens with two attached hydrogens (primary N) is 1. The SMILES string of the molecule is CC1CCC(NC(=O)c2cnc(N)cn2)C1C. The molecule has 0 saturated heterocycles. The van der Waals surface area contributed by atoms with Gasteiger partial charge in [-0.3, -0.25) is 4.79 Å². The number of nitrogens with zero attached hydrogens (tertiary/aromatic N) is 2. The van der Waals surface area contributed by atoms with Crippen molar-refractivity contribution >= 4 is 11.7 Å². The Hall–Kier alpha value is -1.65. The van der Waals surface area contributed by atoms with E-state index in [-0.39, 0.29) is 11.9 Å². The van der Waals surface area contributed by atoms with Gasteiger partial charge in [-0.25, -0.2) is 9.97 Å². The largest absolute Gasteiger partial charge is 0.382 e. The number of nitrogens with one attached hydrogen (secondary N) is 1. The van der Waals surface area contributed by atoms with E-state index in [1.807, 2.05) is 0 Å². The summed E-state index contributed by atoms with van der Waals surface area (Å²) in [6.07, 6.45) is 5.01. The highest BCUT2D eigenvalue weighted by molar-refractivity contribution is 5.92. The fourth-order valence-corrected chi connectivity index (χ4v) is 2.27. The fraction of sp³-hybridized carbons (Fsp3) is 0.583. The molecule has 1 aliphatic carbocycles. The average Bonchev–Trinajstić information content (AvgIpc) is 2.62. The monoisotopic (exact) mass is 234 g/mol. The molecule has 1 saturated carbocycles. The van der Waals surface area contributed by atoms with Gasteiger partial charge in [0.2, 0.25) is 0 Å². The topological polar surface area (TPSA) is 80.9 Å². The molecule has 0 radical (unpaired) electrons. The van der Waals surface area contributed by atoms with Crippen LogP contribution in [0.1, 0.15) is 37.2 Å². The van der Waals surface area contributed by atoms with Gasteiger partial charge in [0.25, 0.3) is 5.91 Å². The van der Waals surface area contributed by atoms with Crippen molar-refractivity contribution in [3.63, 3.8) is 0 Å². The summed E-state index contributed by atoms with van der Waals surface area (Å²) < 4.78 is 0. The highest BCUT2D eigenvalue weighted by Crippen LogP contribution is 2.31. The second kappa shape index (κ2) is 4.69. The molecule has 5 heteroatoms. The lowest BCUT2D eigenvalue weighted by Gasteiger charge is -2.19. The quantitative estimate of drug-likeness (QED) is 0.806. The summed E-state index contributed by atoms with van der Waals surface area (Å²) in [6, 6.07) is 0.247. The van der Waals surface area contributed by atoms with Crippen LogP contribution in [0.3, 0.4) is 0 Å². The molecule has 17 heavy (non-hydrogen) atoms. The molecular formula is C12H18N4O. The highest BCUT2D eigenvalue weighted by Gasteiger charge is 2.31. The van der Waals surface area contributed by atoms with E-state index in [1.165, 1.54) is 18.8 Å². The Morgan fingerprint density at radius 3 is 2.65 bits per heavy atom. The molecule has 1 fully saturated rings. The fourth-order valence-electron chi connectivity index (χ4n) is 2.27. The maximum absolute atomic E-state index is 11.9. The van der Waals surface area contributed by atoms with Crippen molar-refractivity contribution in [2.75, 3.05) is 5.73 Å². The molecule has 1 amide bonds. The molecule has 5 nitrogen and oxygen atoms in total. The van der Waals surface area contributed by atoms with E-state index in [9.17, 15) is 4.79 Å². The summed E-state index contributed by atoms with van der Waals surface area (Å²) in [6.45, 7) is 4.40. The van der Waals surface area contributed by atoms with Crippen molar-refractivity contribution in [1.29, 1.82) is 0 Å². The molecule has 3 atom stereocenters. The van der Waals surface area contributed by atoms with Gasteiger partial charge in [0.05, 0.1) is 12.4 Å². The minimum Gasteiger partial charge on any atom is -0.382 e. The summed E-state index contributed by atoms with van der Waals surface area (Å²) in [4.78, 5) is 19.7. The molecular weight excluding hydrogens is 216 g/mol. The minimum atomic E-state index is -0.163. The van der Waals surface area contributed by atoms with Crippen LogP contribution in [-0.4, -0.2) is 21.9 Å². The Bertz CT molecular complexity index is 403. The molecule has 0 spiro atoms. The van der Waals surface area contributed by atoms with Crippen molar-refractivity contribution in [2.45, 2.75) is 32.7 Å². The first-order valence-corrected chi connectivity index (χ1v) is 5.96. The van der Waals surface area contributed by atoms with E-state index in [1.54, 1.807) is 0 Å². The number of nitrogen functional groups attached to an aromatic ring is 1. The third-order valence-corrected chi connectivity index (χ3v) is 3.69. The molecule has 0 aromatic carbocycles. The van der Waals surface area contributed by atoms with Crippen molar-refractivity contribution in [2.24, 2.45) is 11.8 Å². The smallest absolute Gasteiger partial charge is 0.271 e. The lowest BCUT2D eigenvalue weighted by atomic mass is 9.98. The van der Waals surface area contributed by atoms with Crippen molar-refractivity contribution < 1.29 is 4.79 Å². The summed E-state index contributed by atoms with van der Waals surface area (Å²) >= 11 is 0. The van der Waals surface area contributed by atoms with Crippen LogP contribution < -0.4 is 11.1 Å². The Morgan fingerprint density at radius 2 is 2.12 bits per heavy atom. The normalized spacial score (nSPS) is 28.0. The van der Waals surface area contributed by atoms with Crippen LogP contribution in [0.5, 0.6) is 0 Å². The minimum absolute atomic E-state index is 0.163. The summed E-state index contributed by atoms with van der Waals surface area (Å²) in [5.41, 5.74) is 5.75. The molecule has 3 N–H and O–H groups in total. The zero-order valence-corrected chi connectivity index (χ0v) is 10.2. The predicted octanol–water partition coefficient (Wildman–Crippen LogP) is 1.22. The molecule has 0 aliphatic heterocycles. The van der Waals surface area contributed by atoms with Crippen LogP contribution >= 0.6 is 0 Å². The van der Waals surface area contributed by atoms with Crippen molar-refractivity contribution in [3.05, 3.63) is 18.1 Å². The Balaban J connectivity index is 2.00. The van der Waals surface area contributed by atoms with Crippen LogP contribution in [0.4, 0.5) is 5.82 Å². The number of carbonyl (C=O) groups is 1. The van der Waals surface area contributed by atoms with E-state index in [0.29, 0.717) is 23.3 Å². The third-order valence-electron chi connectivity index (χ3n) is 3.69. The van der Waals surface area contributed by atoms with Crippen molar-refractivity contribution in [1.82, 2.24) is 15.3 Å². The predicted molar refractivity (Wildman–Crippen MR) is 65.3 cm³/mol. The average molecular weight is 234 g/mol. The molecule has 1 aromatic rings. The number of carbonyl (C=O) groups excluding carboxylic acids is 1. The maximum atomic E-state index is 11.9. The Morgan fingerprint density at radius 1 is 1.35 bits per heavy atom. The van der Waals surface area contributed by atoms with Gasteiger partial charge < -0.3 is 11.1 Å². The highest BCUT2D eigenvalue weighted by atomic mass is 16.1. The van der Waals surface area contributed by atoms with E-state index in [0.717, 1.165) is 6.42 Å². The molecule has 3 unspecified atom stereocenters. The van der Waals surface area contributed by atoms with E-state index in [2.05, 4.69) is 29.1 Å². The number of hydrogen-bond acceptors (Lipinski definition) is 4. The van der Waals surface area contributed by atoms with Crippen LogP contribution in [0.25, 0.3) is 0 Å². The molecule has 1 aromatic heterocycles. The maximum Gasteiger partial charge on any atom is 0.271 e. The summed E-state index contributed by atoms with van der Waals surface area (Å²) in [5.74, 6) is 1.34. The number of amides is 1. The van der Waals surface area contributed by atoms with Gasteiger partial charge in [-0.1, -0.05) is 13.8 Å². The lowest BCUT2D eigenvalue weighted by molar-refractivity contribution is 0.0922. The first kappa shape index (κ1) is 11.8. The summed E-state index contributed by atoms with van der Waals surface area (Å²) in [5, 5.41) is 3.01. The van der Waals surface area contributed by atoms with E-state index >= 15 is 0 Å². The summed E-state index contributed by atoms with van der Waals surface area (Å²) in [7, 11) is 0. The number of rotatable bonds is 2. The third kappa shape index (κ3) is 2.54. The Kier molecular flexibility index (Phi) is 3.26. The first-order valence-electron chi connectivity index (χ1n) is 5.96. The van der Waals surface area contributed by atoms with Gasteiger partial charge in [-0.15, -0.1) is 0 Å². The molecule has 0 bridgehead atoms. The zero-order chi connectivity index (χ0) is 12.4. The number of hydrogen-bond donors (Lipinski definition) is 2. The molecule has 1 heterocycles. The first-order chi connectivity index (χ1) is 8.08. The second-order valence-electron chi connectivity index (χ2n) is 4.82. The molecule has 2 rings (SSSR count). The van der Waals surface area contributed by atoms with Crippen molar-refractivity contribution in [3.8, 4) is 0 Å². The molecule has 1 aliphatic rings. The van der Waals surface area contributed by atoms with Gasteiger partial charge in [-0.2, -0.15) is 0 Å². The van der Waals surface area contributed by atoms with E-state index < -0.39 is 0 Å². The second-order valence-corrected chi connectivity index (χ2v) is 4.82. The van der Waals surface area contributed by atoms with Gasteiger partial charge >= 0.3 is 0 Å². The van der Waals surface area contributed by atoms with E-state index in [4.69, 9.17) is 5.73 Å².